The second-order valence-electron chi connectivity index (χ2n) is 6.41. The predicted octanol–water partition coefficient (Wildman–Crippen LogP) is 3.52. The number of aromatic nitrogens is 1. The molecule has 2 aromatic carbocycles. The molecule has 6 heteroatoms. The largest absolute Gasteiger partial charge is 0.493 e. The van der Waals surface area contributed by atoms with Crippen LogP contribution in [0.15, 0.2) is 36.4 Å². The number of carbonyl (C=O) groups excluding carboxylic acids is 1. The molecule has 146 valence electrons. The fourth-order valence-electron chi connectivity index (χ4n) is 3.27. The molecular formula is C22H24N2O4. The van der Waals surface area contributed by atoms with Crippen LogP contribution in [0.3, 0.4) is 0 Å². The molecule has 28 heavy (non-hydrogen) atoms. The van der Waals surface area contributed by atoms with Crippen molar-refractivity contribution in [1.29, 1.82) is 0 Å². The van der Waals surface area contributed by atoms with E-state index in [1.54, 1.807) is 28.4 Å². The summed E-state index contributed by atoms with van der Waals surface area (Å²) in [4.78, 5) is 16.5. The third kappa shape index (κ3) is 3.58. The van der Waals surface area contributed by atoms with Gasteiger partial charge in [-0.1, -0.05) is 6.07 Å². The number of hydrogen-bond acceptors (Lipinski definition) is 5. The van der Waals surface area contributed by atoms with Crippen LogP contribution in [0.25, 0.3) is 22.2 Å². The van der Waals surface area contributed by atoms with Crippen molar-refractivity contribution in [2.24, 2.45) is 0 Å². The molecule has 0 aliphatic rings. The third-order valence-electron chi connectivity index (χ3n) is 4.70. The molecule has 1 N–H and O–H groups in total. The van der Waals surface area contributed by atoms with Crippen LogP contribution in [-0.4, -0.2) is 39.3 Å². The number of ether oxygens (including phenoxy) is 3. The molecule has 0 saturated heterocycles. The minimum atomic E-state index is -0.0170. The summed E-state index contributed by atoms with van der Waals surface area (Å²) < 4.78 is 16.4. The molecule has 0 saturated carbocycles. The molecule has 1 amide bonds. The van der Waals surface area contributed by atoms with Crippen molar-refractivity contribution in [2.45, 2.75) is 13.3 Å². The van der Waals surface area contributed by atoms with E-state index in [1.165, 1.54) is 0 Å². The number of likely N-dealkylation sites (N-methyl/N-ethyl adjacent to an activating group) is 1. The second-order valence-corrected chi connectivity index (χ2v) is 6.41. The monoisotopic (exact) mass is 380 g/mol. The summed E-state index contributed by atoms with van der Waals surface area (Å²) in [6.07, 6.45) is 0.344. The van der Waals surface area contributed by atoms with Gasteiger partial charge in [0.15, 0.2) is 11.5 Å². The number of carbonyl (C=O) groups is 1. The zero-order valence-corrected chi connectivity index (χ0v) is 16.8. The quantitative estimate of drug-likeness (QED) is 0.709. The van der Waals surface area contributed by atoms with E-state index >= 15 is 0 Å². The highest BCUT2D eigenvalue weighted by atomic mass is 16.5. The second kappa shape index (κ2) is 8.17. The molecule has 0 unspecified atom stereocenters. The Labute approximate surface area is 164 Å². The summed E-state index contributed by atoms with van der Waals surface area (Å²) in [5, 5.41) is 3.67. The maximum absolute atomic E-state index is 11.7. The van der Waals surface area contributed by atoms with E-state index in [0.717, 1.165) is 33.3 Å². The molecule has 0 spiro atoms. The van der Waals surface area contributed by atoms with Gasteiger partial charge in [0.25, 0.3) is 0 Å². The summed E-state index contributed by atoms with van der Waals surface area (Å²) in [6.45, 7) is 2.03. The van der Waals surface area contributed by atoms with Gasteiger partial charge in [-0.05, 0) is 48.4 Å². The molecule has 6 nitrogen and oxygen atoms in total. The molecule has 0 atom stereocenters. The van der Waals surface area contributed by atoms with Gasteiger partial charge in [0.1, 0.15) is 0 Å². The van der Waals surface area contributed by atoms with Gasteiger partial charge in [0.2, 0.25) is 11.7 Å². The van der Waals surface area contributed by atoms with E-state index in [4.69, 9.17) is 19.2 Å². The van der Waals surface area contributed by atoms with E-state index < -0.39 is 0 Å². The number of nitrogens with one attached hydrogen (secondary N) is 1. The van der Waals surface area contributed by atoms with Gasteiger partial charge in [-0.15, -0.1) is 0 Å². The summed E-state index contributed by atoms with van der Waals surface area (Å²) in [5.41, 5.74) is 4.47. The first kappa shape index (κ1) is 19.5. The van der Waals surface area contributed by atoms with Crippen molar-refractivity contribution in [3.8, 4) is 28.5 Å². The number of rotatable bonds is 6. The number of benzene rings is 2. The van der Waals surface area contributed by atoms with E-state index in [2.05, 4.69) is 5.32 Å². The standard InChI is InChI=1S/C22H24N2O4/c1-13-10-18(15-7-9-19(26-3)22(28-5)21(15)27-4)24-17-8-6-14(11-16(13)17)12-20(25)23-2/h6-11H,12H2,1-5H3,(H,23,25). The van der Waals surface area contributed by atoms with Gasteiger partial charge in [-0.25, -0.2) is 4.98 Å². The molecule has 0 aliphatic carbocycles. The molecule has 3 rings (SSSR count). The van der Waals surface area contributed by atoms with Gasteiger partial charge in [-0.2, -0.15) is 0 Å². The van der Waals surface area contributed by atoms with E-state index in [1.807, 2.05) is 43.3 Å². The van der Waals surface area contributed by atoms with Crippen LogP contribution in [0.4, 0.5) is 0 Å². The number of pyridine rings is 1. The van der Waals surface area contributed by atoms with Gasteiger partial charge in [0.05, 0.1) is 39.0 Å². The Morgan fingerprint density at radius 1 is 1.00 bits per heavy atom. The lowest BCUT2D eigenvalue weighted by atomic mass is 10.0. The lowest BCUT2D eigenvalue weighted by molar-refractivity contribution is -0.119. The fraction of sp³-hybridized carbons (Fsp3) is 0.273. The van der Waals surface area contributed by atoms with Crippen LogP contribution in [0, 0.1) is 6.92 Å². The van der Waals surface area contributed by atoms with Crippen LogP contribution in [-0.2, 0) is 11.2 Å². The topological polar surface area (TPSA) is 69.7 Å². The van der Waals surface area contributed by atoms with Crippen molar-refractivity contribution in [2.75, 3.05) is 28.4 Å². The molecule has 0 aliphatic heterocycles. The molecule has 1 heterocycles. The summed E-state index contributed by atoms with van der Waals surface area (Å²) >= 11 is 0. The van der Waals surface area contributed by atoms with Crippen molar-refractivity contribution in [3.63, 3.8) is 0 Å². The molecular weight excluding hydrogens is 356 g/mol. The number of methoxy groups -OCH3 is 3. The SMILES string of the molecule is CNC(=O)Cc1ccc2nc(-c3ccc(OC)c(OC)c3OC)cc(C)c2c1. The van der Waals surface area contributed by atoms with Crippen LogP contribution in [0.5, 0.6) is 17.2 Å². The van der Waals surface area contributed by atoms with Crippen molar-refractivity contribution >= 4 is 16.8 Å². The first-order valence-electron chi connectivity index (χ1n) is 8.92. The lowest BCUT2D eigenvalue weighted by Crippen LogP contribution is -2.19. The predicted molar refractivity (Wildman–Crippen MR) is 109 cm³/mol. The van der Waals surface area contributed by atoms with Crippen molar-refractivity contribution in [1.82, 2.24) is 10.3 Å². The van der Waals surface area contributed by atoms with Crippen LogP contribution in [0.1, 0.15) is 11.1 Å². The van der Waals surface area contributed by atoms with Crippen LogP contribution >= 0.6 is 0 Å². The minimum absolute atomic E-state index is 0.0170. The number of fused-ring (bicyclic) bond motifs is 1. The Morgan fingerprint density at radius 2 is 1.75 bits per heavy atom. The summed E-state index contributed by atoms with van der Waals surface area (Å²) in [6, 6.07) is 11.6. The van der Waals surface area contributed by atoms with Gasteiger partial charge >= 0.3 is 0 Å². The summed E-state index contributed by atoms with van der Waals surface area (Å²) in [7, 11) is 6.40. The first-order valence-corrected chi connectivity index (χ1v) is 8.92. The molecule has 0 bridgehead atoms. The van der Waals surface area contributed by atoms with E-state index in [0.29, 0.717) is 23.7 Å². The average Bonchev–Trinajstić information content (AvgIpc) is 2.72. The number of hydrogen-bond donors (Lipinski definition) is 1. The smallest absolute Gasteiger partial charge is 0.224 e. The average molecular weight is 380 g/mol. The molecule has 0 fully saturated rings. The van der Waals surface area contributed by atoms with Gasteiger partial charge < -0.3 is 19.5 Å². The fourth-order valence-corrected chi connectivity index (χ4v) is 3.27. The van der Waals surface area contributed by atoms with E-state index in [9.17, 15) is 4.79 Å². The Bertz CT molecular complexity index is 1030. The van der Waals surface area contributed by atoms with Crippen LogP contribution in [0.2, 0.25) is 0 Å². The third-order valence-corrected chi connectivity index (χ3v) is 4.70. The van der Waals surface area contributed by atoms with Crippen LogP contribution < -0.4 is 19.5 Å². The van der Waals surface area contributed by atoms with Crippen molar-refractivity contribution < 1.29 is 19.0 Å². The first-order chi connectivity index (χ1) is 13.5. The highest BCUT2D eigenvalue weighted by Crippen LogP contribution is 2.44. The number of amides is 1. The van der Waals surface area contributed by atoms with Gasteiger partial charge in [-0.3, -0.25) is 4.79 Å². The highest BCUT2D eigenvalue weighted by molar-refractivity contribution is 5.88. The highest BCUT2D eigenvalue weighted by Gasteiger charge is 2.18. The Hall–Kier alpha value is -3.28. The lowest BCUT2D eigenvalue weighted by Gasteiger charge is -2.16. The Balaban J connectivity index is 2.12. The zero-order valence-electron chi connectivity index (χ0n) is 16.8. The maximum atomic E-state index is 11.7. The minimum Gasteiger partial charge on any atom is -0.493 e. The maximum Gasteiger partial charge on any atom is 0.224 e. The van der Waals surface area contributed by atoms with Gasteiger partial charge in [0, 0.05) is 18.0 Å². The van der Waals surface area contributed by atoms with E-state index in [-0.39, 0.29) is 5.91 Å². The zero-order chi connectivity index (χ0) is 20.3. The molecule has 1 aromatic heterocycles. The number of aryl methyl sites for hydroxylation is 1. The molecule has 3 aromatic rings. The summed E-state index contributed by atoms with van der Waals surface area (Å²) in [5.74, 6) is 1.68. The normalized spacial score (nSPS) is 10.6. The number of nitrogens with zero attached hydrogens (tertiary/aromatic N) is 1. The Kier molecular flexibility index (Phi) is 5.68. The molecule has 0 radical (unpaired) electrons. The van der Waals surface area contributed by atoms with Crippen molar-refractivity contribution in [3.05, 3.63) is 47.5 Å². The Morgan fingerprint density at radius 3 is 2.39 bits per heavy atom.